The van der Waals surface area contributed by atoms with Crippen LogP contribution in [0.3, 0.4) is 0 Å². The van der Waals surface area contributed by atoms with E-state index in [4.69, 9.17) is 19.3 Å². The van der Waals surface area contributed by atoms with Crippen molar-refractivity contribution in [1.82, 2.24) is 10.2 Å². The van der Waals surface area contributed by atoms with Gasteiger partial charge >= 0.3 is 5.97 Å². The predicted molar refractivity (Wildman–Crippen MR) is 94.7 cm³/mol. The number of nitrogens with one attached hydrogen (secondary N) is 1. The van der Waals surface area contributed by atoms with Crippen molar-refractivity contribution >= 4 is 5.97 Å². The Morgan fingerprint density at radius 3 is 2.69 bits per heavy atom. The quantitative estimate of drug-likeness (QED) is 0.694. The molecule has 2 saturated carbocycles. The Labute approximate surface area is 153 Å². The Balaban J connectivity index is 1.29. The third-order valence-corrected chi connectivity index (χ3v) is 5.51. The molecule has 0 unspecified atom stereocenters. The normalized spacial score (nSPS) is 23.8. The molecule has 0 saturated heterocycles. The van der Waals surface area contributed by atoms with Gasteiger partial charge in [-0.25, -0.2) is 0 Å². The lowest BCUT2D eigenvalue weighted by Gasteiger charge is -2.43. The van der Waals surface area contributed by atoms with Crippen LogP contribution in [0.15, 0.2) is 12.1 Å². The van der Waals surface area contributed by atoms with Gasteiger partial charge in [0.1, 0.15) is 5.75 Å². The number of carbonyl (C=O) groups is 1. The zero-order valence-electron chi connectivity index (χ0n) is 15.1. The van der Waals surface area contributed by atoms with Gasteiger partial charge in [-0.05, 0) is 37.7 Å². The van der Waals surface area contributed by atoms with E-state index in [-0.39, 0.29) is 13.3 Å². The highest BCUT2D eigenvalue weighted by Gasteiger charge is 2.37. The third kappa shape index (κ3) is 3.88. The summed E-state index contributed by atoms with van der Waals surface area (Å²) in [5.41, 5.74) is 1.04. The maximum atomic E-state index is 11.1. The molecular weight excluding hydrogens is 336 g/mol. The number of carboxylic acids is 1. The molecule has 2 N–H and O–H groups in total. The molecule has 2 fully saturated rings. The molecule has 7 nitrogen and oxygen atoms in total. The molecule has 1 aromatic rings. The van der Waals surface area contributed by atoms with Crippen molar-refractivity contribution in [2.45, 2.75) is 44.3 Å². The van der Waals surface area contributed by atoms with Crippen molar-refractivity contribution in [1.29, 1.82) is 0 Å². The van der Waals surface area contributed by atoms with Crippen molar-refractivity contribution in [2.75, 3.05) is 27.0 Å². The Kier molecular flexibility index (Phi) is 4.91. The summed E-state index contributed by atoms with van der Waals surface area (Å²) in [5, 5.41) is 12.7. The number of benzene rings is 1. The second-order valence-corrected chi connectivity index (χ2v) is 7.49. The summed E-state index contributed by atoms with van der Waals surface area (Å²) in [6.45, 7) is 2.03. The van der Waals surface area contributed by atoms with E-state index >= 15 is 0 Å². The van der Waals surface area contributed by atoms with Gasteiger partial charge in [0.15, 0.2) is 11.5 Å². The number of hydrogen-bond acceptors (Lipinski definition) is 6. The second-order valence-electron chi connectivity index (χ2n) is 7.49. The van der Waals surface area contributed by atoms with Gasteiger partial charge in [-0.15, -0.1) is 0 Å². The Bertz CT molecular complexity index is 670. The van der Waals surface area contributed by atoms with Gasteiger partial charge in [-0.3, -0.25) is 9.69 Å². The summed E-state index contributed by atoms with van der Waals surface area (Å²) in [4.78, 5) is 13.3. The minimum atomic E-state index is -0.729. The van der Waals surface area contributed by atoms with Gasteiger partial charge in [-0.2, -0.15) is 0 Å². The fourth-order valence-electron chi connectivity index (χ4n) is 3.75. The fourth-order valence-corrected chi connectivity index (χ4v) is 3.75. The average Bonchev–Trinajstić information content (AvgIpc) is 3.26. The van der Waals surface area contributed by atoms with Gasteiger partial charge < -0.3 is 24.6 Å². The highest BCUT2D eigenvalue weighted by atomic mass is 16.7. The van der Waals surface area contributed by atoms with Crippen LogP contribution >= 0.6 is 0 Å². The van der Waals surface area contributed by atoms with E-state index < -0.39 is 5.97 Å². The Hall–Kier alpha value is -1.99. The molecule has 2 aliphatic carbocycles. The van der Waals surface area contributed by atoms with Crippen LogP contribution in [0.5, 0.6) is 17.2 Å². The maximum absolute atomic E-state index is 11.1. The molecule has 142 valence electrons. The summed E-state index contributed by atoms with van der Waals surface area (Å²) in [7, 11) is 1.65. The summed E-state index contributed by atoms with van der Waals surface area (Å²) >= 11 is 0. The SMILES string of the molecule is COc1cc2c(cc1CNC1CC(N(CC(=O)O)CC3CC3)C1)OCO2. The molecule has 0 spiro atoms. The van der Waals surface area contributed by atoms with Crippen molar-refractivity contribution in [3.8, 4) is 17.2 Å². The lowest BCUT2D eigenvalue weighted by molar-refractivity contribution is -0.139. The number of methoxy groups -OCH3 is 1. The molecule has 0 amide bonds. The zero-order chi connectivity index (χ0) is 18.1. The van der Waals surface area contributed by atoms with E-state index in [1.54, 1.807) is 7.11 Å². The van der Waals surface area contributed by atoms with Gasteiger partial charge in [0, 0.05) is 36.8 Å². The highest BCUT2D eigenvalue weighted by molar-refractivity contribution is 5.69. The molecule has 26 heavy (non-hydrogen) atoms. The fraction of sp³-hybridized carbons (Fsp3) is 0.632. The molecule has 1 aromatic carbocycles. The average molecular weight is 362 g/mol. The first-order valence-corrected chi connectivity index (χ1v) is 9.28. The first-order chi connectivity index (χ1) is 12.6. The number of fused-ring (bicyclic) bond motifs is 1. The van der Waals surface area contributed by atoms with Gasteiger partial charge in [-0.1, -0.05) is 0 Å². The summed E-state index contributed by atoms with van der Waals surface area (Å²) < 4.78 is 16.3. The minimum Gasteiger partial charge on any atom is -0.496 e. The van der Waals surface area contributed by atoms with Crippen LogP contribution in [0.2, 0.25) is 0 Å². The molecule has 4 rings (SSSR count). The van der Waals surface area contributed by atoms with Gasteiger partial charge in [0.2, 0.25) is 6.79 Å². The van der Waals surface area contributed by atoms with E-state index in [2.05, 4.69) is 10.2 Å². The first kappa shape index (κ1) is 17.4. The maximum Gasteiger partial charge on any atom is 0.317 e. The van der Waals surface area contributed by atoms with E-state index in [9.17, 15) is 4.79 Å². The van der Waals surface area contributed by atoms with E-state index in [1.165, 1.54) is 12.8 Å². The van der Waals surface area contributed by atoms with Crippen LogP contribution in [-0.2, 0) is 11.3 Å². The number of nitrogens with zero attached hydrogens (tertiary/aromatic N) is 1. The minimum absolute atomic E-state index is 0.157. The molecule has 0 radical (unpaired) electrons. The topological polar surface area (TPSA) is 80.3 Å². The molecule has 0 atom stereocenters. The number of carboxylic acid groups (broad SMARTS) is 1. The molecule has 7 heteroatoms. The van der Waals surface area contributed by atoms with Crippen molar-refractivity contribution in [3.05, 3.63) is 17.7 Å². The first-order valence-electron chi connectivity index (χ1n) is 9.28. The number of hydrogen-bond donors (Lipinski definition) is 2. The molecular formula is C19H26N2O5. The molecule has 3 aliphatic rings. The second kappa shape index (κ2) is 7.32. The molecule has 0 bridgehead atoms. The number of aliphatic carboxylic acids is 1. The monoisotopic (exact) mass is 362 g/mol. The van der Waals surface area contributed by atoms with Crippen LogP contribution in [-0.4, -0.2) is 55.1 Å². The Morgan fingerprint density at radius 1 is 1.31 bits per heavy atom. The number of rotatable bonds is 9. The van der Waals surface area contributed by atoms with Crippen LogP contribution in [0.1, 0.15) is 31.2 Å². The lowest BCUT2D eigenvalue weighted by atomic mass is 9.85. The number of ether oxygens (including phenoxy) is 3. The van der Waals surface area contributed by atoms with Gasteiger partial charge in [0.25, 0.3) is 0 Å². The molecule has 1 aliphatic heterocycles. The summed E-state index contributed by atoms with van der Waals surface area (Å²) in [6.07, 6.45) is 4.47. The standard InChI is InChI=1S/C19H26N2O5/c1-24-16-7-18-17(25-11-26-18)4-13(16)8-20-14-5-15(6-14)21(10-19(22)23)9-12-2-3-12/h4,7,12,14-15,20H,2-3,5-6,8-11H2,1H3,(H,22,23). The van der Waals surface area contributed by atoms with Crippen molar-refractivity contribution in [2.24, 2.45) is 5.92 Å². The van der Waals surface area contributed by atoms with Gasteiger partial charge in [0.05, 0.1) is 13.7 Å². The smallest absolute Gasteiger partial charge is 0.317 e. The largest absolute Gasteiger partial charge is 0.496 e. The van der Waals surface area contributed by atoms with E-state index in [0.29, 0.717) is 24.5 Å². The third-order valence-electron chi connectivity index (χ3n) is 5.51. The molecule has 1 heterocycles. The predicted octanol–water partition coefficient (Wildman–Crippen LogP) is 1.84. The van der Waals surface area contributed by atoms with Crippen LogP contribution < -0.4 is 19.5 Å². The van der Waals surface area contributed by atoms with Crippen LogP contribution in [0, 0.1) is 5.92 Å². The van der Waals surface area contributed by atoms with Crippen LogP contribution in [0.4, 0.5) is 0 Å². The van der Waals surface area contributed by atoms with Crippen molar-refractivity contribution in [3.63, 3.8) is 0 Å². The van der Waals surface area contributed by atoms with Crippen molar-refractivity contribution < 1.29 is 24.1 Å². The summed E-state index contributed by atoms with van der Waals surface area (Å²) in [5.74, 6) is 2.25. The van der Waals surface area contributed by atoms with Crippen LogP contribution in [0.25, 0.3) is 0 Å². The van der Waals surface area contributed by atoms with E-state index in [0.717, 1.165) is 42.2 Å². The Morgan fingerprint density at radius 2 is 2.04 bits per heavy atom. The lowest BCUT2D eigenvalue weighted by Crippen LogP contribution is -2.54. The molecule has 0 aromatic heterocycles. The van der Waals surface area contributed by atoms with E-state index in [1.807, 2.05) is 12.1 Å². The zero-order valence-corrected chi connectivity index (χ0v) is 15.1. The highest BCUT2D eigenvalue weighted by Crippen LogP contribution is 2.38. The summed E-state index contributed by atoms with van der Waals surface area (Å²) in [6, 6.07) is 4.62.